The van der Waals surface area contributed by atoms with E-state index in [9.17, 15) is 0 Å². The number of nitrogens with one attached hydrogen (secondary N) is 2. The molecule has 0 bridgehead atoms. The van der Waals surface area contributed by atoms with Crippen LogP contribution in [0.25, 0.3) is 0 Å². The maximum absolute atomic E-state index is 8.74. The van der Waals surface area contributed by atoms with Crippen molar-refractivity contribution in [3.05, 3.63) is 0 Å². The molecule has 0 heterocycles. The van der Waals surface area contributed by atoms with Crippen LogP contribution in [0.4, 0.5) is 0 Å². The summed E-state index contributed by atoms with van der Waals surface area (Å²) in [7, 11) is -3.13. The first-order valence-electron chi connectivity index (χ1n) is 4.38. The standard InChI is InChI=1S/C6H18N4.H3O3P/c7-1-3-9-5-6-10-4-2-8;1-4(2)3/h9-10H,1-8H2;4H,(H2,1,2,3). The lowest BCUT2D eigenvalue weighted by atomic mass is 10.5. The Morgan fingerprint density at radius 1 is 0.929 bits per heavy atom. The quantitative estimate of drug-likeness (QED) is 0.208. The van der Waals surface area contributed by atoms with Gasteiger partial charge >= 0.3 is 8.25 Å². The molecule has 0 saturated heterocycles. The summed E-state index contributed by atoms with van der Waals surface area (Å²) in [5.41, 5.74) is 10.5. The van der Waals surface area contributed by atoms with Crippen LogP contribution in [0.15, 0.2) is 0 Å². The molecule has 0 aromatic rings. The van der Waals surface area contributed by atoms with E-state index in [1.807, 2.05) is 0 Å². The van der Waals surface area contributed by atoms with Crippen LogP contribution in [-0.2, 0) is 4.57 Å². The Morgan fingerprint density at radius 2 is 1.21 bits per heavy atom. The van der Waals surface area contributed by atoms with Crippen molar-refractivity contribution < 1.29 is 14.4 Å². The molecule has 8 heteroatoms. The molecule has 0 atom stereocenters. The summed E-state index contributed by atoms with van der Waals surface area (Å²) in [5, 5.41) is 6.33. The second-order valence-electron chi connectivity index (χ2n) is 2.36. The van der Waals surface area contributed by atoms with Crippen LogP contribution in [0.5, 0.6) is 0 Å². The molecular weight excluding hydrogens is 207 g/mol. The van der Waals surface area contributed by atoms with Gasteiger partial charge in [0.25, 0.3) is 0 Å². The molecule has 0 aliphatic rings. The zero-order chi connectivity index (χ0) is 11.2. The SMILES string of the molecule is NCCNCCNCCN.O=[PH](O)O. The lowest BCUT2D eigenvalue weighted by molar-refractivity contribution is 0.405. The van der Waals surface area contributed by atoms with Gasteiger partial charge < -0.3 is 31.9 Å². The van der Waals surface area contributed by atoms with E-state index >= 15 is 0 Å². The lowest BCUT2D eigenvalue weighted by Crippen LogP contribution is -2.32. The van der Waals surface area contributed by atoms with Gasteiger partial charge in [-0.2, -0.15) is 0 Å². The van der Waals surface area contributed by atoms with E-state index in [4.69, 9.17) is 25.8 Å². The third-order valence-corrected chi connectivity index (χ3v) is 1.12. The van der Waals surface area contributed by atoms with Crippen molar-refractivity contribution in [2.24, 2.45) is 11.5 Å². The molecule has 0 saturated carbocycles. The Hall–Kier alpha value is -0.0100. The molecule has 0 aromatic carbocycles. The minimum absolute atomic E-state index is 0.705. The van der Waals surface area contributed by atoms with E-state index in [2.05, 4.69) is 10.6 Å². The summed E-state index contributed by atoms with van der Waals surface area (Å²) < 4.78 is 8.74. The van der Waals surface area contributed by atoms with Gasteiger partial charge in [0.15, 0.2) is 0 Å². The molecule has 0 unspecified atom stereocenters. The van der Waals surface area contributed by atoms with E-state index in [1.54, 1.807) is 0 Å². The van der Waals surface area contributed by atoms with E-state index in [1.165, 1.54) is 0 Å². The number of hydrogen-bond donors (Lipinski definition) is 6. The first-order chi connectivity index (χ1) is 6.65. The molecule has 0 aliphatic carbocycles. The van der Waals surface area contributed by atoms with Gasteiger partial charge in [-0.3, -0.25) is 4.57 Å². The Balaban J connectivity index is 0. The van der Waals surface area contributed by atoms with Gasteiger partial charge in [0.2, 0.25) is 0 Å². The van der Waals surface area contributed by atoms with Gasteiger partial charge in [-0.1, -0.05) is 0 Å². The molecule has 0 spiro atoms. The van der Waals surface area contributed by atoms with Gasteiger partial charge in [0, 0.05) is 39.3 Å². The van der Waals surface area contributed by atoms with Gasteiger partial charge in [-0.05, 0) is 0 Å². The molecule has 0 rings (SSSR count). The summed E-state index contributed by atoms with van der Waals surface area (Å²) in [6.07, 6.45) is 0. The highest BCUT2D eigenvalue weighted by molar-refractivity contribution is 7.30. The first kappa shape index (κ1) is 16.4. The smallest absolute Gasteiger partial charge is 0.314 e. The molecule has 88 valence electrons. The Bertz CT molecular complexity index is 116. The topological polar surface area (TPSA) is 134 Å². The van der Waals surface area contributed by atoms with Crippen LogP contribution in [0.1, 0.15) is 0 Å². The van der Waals surface area contributed by atoms with Crippen LogP contribution in [0.2, 0.25) is 0 Å². The van der Waals surface area contributed by atoms with Crippen molar-refractivity contribution in [3.63, 3.8) is 0 Å². The highest BCUT2D eigenvalue weighted by Gasteiger charge is 1.83. The summed E-state index contributed by atoms with van der Waals surface area (Å²) in [6.45, 7) is 5.14. The van der Waals surface area contributed by atoms with Crippen molar-refractivity contribution in [2.45, 2.75) is 0 Å². The Labute approximate surface area is 84.8 Å². The molecule has 0 aromatic heterocycles. The minimum atomic E-state index is -3.13. The number of hydrogen-bond acceptors (Lipinski definition) is 5. The maximum atomic E-state index is 8.74. The minimum Gasteiger partial charge on any atom is -0.329 e. The largest absolute Gasteiger partial charge is 0.329 e. The van der Waals surface area contributed by atoms with Gasteiger partial charge in [-0.15, -0.1) is 0 Å². The van der Waals surface area contributed by atoms with E-state index in [0.29, 0.717) is 13.1 Å². The van der Waals surface area contributed by atoms with Gasteiger partial charge in [0.05, 0.1) is 0 Å². The van der Waals surface area contributed by atoms with Crippen LogP contribution in [0.3, 0.4) is 0 Å². The van der Waals surface area contributed by atoms with Crippen molar-refractivity contribution in [3.8, 4) is 0 Å². The highest BCUT2D eigenvalue weighted by Crippen LogP contribution is 1.98. The molecule has 7 nitrogen and oxygen atoms in total. The van der Waals surface area contributed by atoms with Crippen molar-refractivity contribution >= 4 is 8.25 Å². The fourth-order valence-corrected chi connectivity index (χ4v) is 0.631. The second-order valence-corrected chi connectivity index (χ2v) is 2.93. The lowest BCUT2D eigenvalue weighted by Gasteiger charge is -2.03. The zero-order valence-electron chi connectivity index (χ0n) is 8.20. The van der Waals surface area contributed by atoms with Crippen LogP contribution in [0, 0.1) is 0 Å². The van der Waals surface area contributed by atoms with Crippen LogP contribution < -0.4 is 22.1 Å². The van der Waals surface area contributed by atoms with Gasteiger partial charge in [0.1, 0.15) is 0 Å². The highest BCUT2D eigenvalue weighted by atomic mass is 31.1. The average molecular weight is 228 g/mol. The fraction of sp³-hybridized carbons (Fsp3) is 1.00. The second kappa shape index (κ2) is 15.5. The average Bonchev–Trinajstić information content (AvgIpc) is 2.10. The third kappa shape index (κ3) is 29.6. The zero-order valence-corrected chi connectivity index (χ0v) is 9.20. The van der Waals surface area contributed by atoms with E-state index in [0.717, 1.165) is 26.2 Å². The third-order valence-electron chi connectivity index (χ3n) is 1.12. The van der Waals surface area contributed by atoms with Gasteiger partial charge in [-0.25, -0.2) is 0 Å². The predicted octanol–water partition coefficient (Wildman–Crippen LogP) is -2.56. The molecule has 0 aliphatic heterocycles. The summed E-state index contributed by atoms with van der Waals surface area (Å²) in [6, 6.07) is 0. The number of nitrogens with two attached hydrogens (primary N) is 2. The van der Waals surface area contributed by atoms with Crippen molar-refractivity contribution in [1.82, 2.24) is 10.6 Å². The first-order valence-corrected chi connectivity index (χ1v) is 5.68. The summed E-state index contributed by atoms with van der Waals surface area (Å²) >= 11 is 0. The van der Waals surface area contributed by atoms with E-state index < -0.39 is 8.25 Å². The molecule has 0 amide bonds. The summed E-state index contributed by atoms with van der Waals surface area (Å²) in [5.74, 6) is 0. The normalized spacial score (nSPS) is 9.79. The van der Waals surface area contributed by atoms with Crippen LogP contribution >= 0.6 is 8.25 Å². The van der Waals surface area contributed by atoms with E-state index in [-0.39, 0.29) is 0 Å². The Morgan fingerprint density at radius 3 is 1.43 bits per heavy atom. The predicted molar refractivity (Wildman–Crippen MR) is 57.3 cm³/mol. The molecule has 0 radical (unpaired) electrons. The van der Waals surface area contributed by atoms with Crippen molar-refractivity contribution in [1.29, 1.82) is 0 Å². The molecular formula is C6H21N4O3P. The maximum Gasteiger partial charge on any atom is 0.314 e. The molecule has 8 N–H and O–H groups in total. The molecule has 14 heavy (non-hydrogen) atoms. The molecule has 0 fully saturated rings. The van der Waals surface area contributed by atoms with Crippen LogP contribution in [-0.4, -0.2) is 49.1 Å². The monoisotopic (exact) mass is 228 g/mol. The fourth-order valence-electron chi connectivity index (χ4n) is 0.631. The Kier molecular flexibility index (Phi) is 18.1. The number of rotatable bonds is 7. The summed E-state index contributed by atoms with van der Waals surface area (Å²) in [4.78, 5) is 14.3. The van der Waals surface area contributed by atoms with Crippen molar-refractivity contribution in [2.75, 3.05) is 39.3 Å².